The van der Waals surface area contributed by atoms with E-state index < -0.39 is 0 Å². The molecule has 0 unspecified atom stereocenters. The summed E-state index contributed by atoms with van der Waals surface area (Å²) in [6, 6.07) is 25.7. The predicted molar refractivity (Wildman–Crippen MR) is 157 cm³/mol. The van der Waals surface area contributed by atoms with Crippen LogP contribution in [0.3, 0.4) is 0 Å². The highest BCUT2D eigenvalue weighted by atomic mass is 16.3. The van der Waals surface area contributed by atoms with Crippen LogP contribution in [0.4, 0.5) is 5.82 Å². The molecule has 8 heteroatoms. The third-order valence-corrected chi connectivity index (χ3v) is 7.87. The SMILES string of the molecule is Nc1ncnn2c(Cc3ccc4c(c3)CN(CCO)CC4)cc(-c3ccc4cn(Cc5ccccc5)nc4c3)c12. The molecule has 0 radical (unpaired) electrons. The van der Waals surface area contributed by atoms with Crippen LogP contribution in [0.25, 0.3) is 27.5 Å². The van der Waals surface area contributed by atoms with Crippen LogP contribution < -0.4 is 5.73 Å². The molecular weight excluding hydrogens is 498 g/mol. The third kappa shape index (κ3) is 4.61. The molecule has 4 heterocycles. The van der Waals surface area contributed by atoms with Gasteiger partial charge in [0.25, 0.3) is 0 Å². The summed E-state index contributed by atoms with van der Waals surface area (Å²) in [5.41, 5.74) is 16.4. The fourth-order valence-corrected chi connectivity index (χ4v) is 5.89. The summed E-state index contributed by atoms with van der Waals surface area (Å²) in [6.07, 6.45) is 5.34. The lowest BCUT2D eigenvalue weighted by Gasteiger charge is -2.28. The average molecular weight is 530 g/mol. The fourth-order valence-electron chi connectivity index (χ4n) is 5.89. The van der Waals surface area contributed by atoms with E-state index in [-0.39, 0.29) is 6.61 Å². The summed E-state index contributed by atoms with van der Waals surface area (Å²) in [7, 11) is 0. The third-order valence-electron chi connectivity index (χ3n) is 7.87. The number of β-amino-alcohol motifs (C(OH)–C–C–N with tert-alkyl or cyclic N) is 1. The maximum Gasteiger partial charge on any atom is 0.151 e. The highest BCUT2D eigenvalue weighted by molar-refractivity contribution is 5.92. The Morgan fingerprint density at radius 2 is 1.82 bits per heavy atom. The minimum atomic E-state index is 0.189. The second-order valence-electron chi connectivity index (χ2n) is 10.6. The van der Waals surface area contributed by atoms with Gasteiger partial charge in [0.05, 0.1) is 18.7 Å². The van der Waals surface area contributed by atoms with Crippen molar-refractivity contribution >= 4 is 22.2 Å². The Kier molecular flexibility index (Phi) is 6.26. The van der Waals surface area contributed by atoms with Crippen molar-refractivity contribution in [2.45, 2.75) is 25.9 Å². The molecule has 200 valence electrons. The zero-order valence-corrected chi connectivity index (χ0v) is 22.2. The first-order valence-corrected chi connectivity index (χ1v) is 13.7. The van der Waals surface area contributed by atoms with E-state index in [1.54, 1.807) is 0 Å². The van der Waals surface area contributed by atoms with Crippen LogP contribution in [0.5, 0.6) is 0 Å². The number of anilines is 1. The van der Waals surface area contributed by atoms with Crippen molar-refractivity contribution in [1.82, 2.24) is 29.3 Å². The summed E-state index contributed by atoms with van der Waals surface area (Å²) in [5.74, 6) is 0.455. The van der Waals surface area contributed by atoms with Gasteiger partial charge in [-0.1, -0.05) is 60.7 Å². The molecule has 3 N–H and O–H groups in total. The van der Waals surface area contributed by atoms with Gasteiger partial charge in [0, 0.05) is 48.9 Å². The molecule has 7 rings (SSSR count). The molecule has 0 bridgehead atoms. The molecule has 0 saturated carbocycles. The Labute approximate surface area is 232 Å². The van der Waals surface area contributed by atoms with Crippen molar-refractivity contribution in [3.63, 3.8) is 0 Å². The minimum Gasteiger partial charge on any atom is -0.395 e. The molecule has 0 amide bonds. The Balaban J connectivity index is 1.23. The number of benzene rings is 3. The van der Waals surface area contributed by atoms with Gasteiger partial charge >= 0.3 is 0 Å². The van der Waals surface area contributed by atoms with E-state index in [2.05, 4.69) is 87.9 Å². The van der Waals surface area contributed by atoms with Crippen molar-refractivity contribution in [3.05, 3.63) is 113 Å². The second kappa shape index (κ2) is 10.2. The minimum absolute atomic E-state index is 0.189. The molecule has 40 heavy (non-hydrogen) atoms. The number of hydrogen-bond donors (Lipinski definition) is 2. The van der Waals surface area contributed by atoms with Crippen molar-refractivity contribution < 1.29 is 5.11 Å². The largest absolute Gasteiger partial charge is 0.395 e. The Morgan fingerprint density at radius 3 is 2.70 bits per heavy atom. The van der Waals surface area contributed by atoms with Crippen LogP contribution in [0, 0.1) is 0 Å². The van der Waals surface area contributed by atoms with Crippen LogP contribution in [-0.2, 0) is 25.9 Å². The number of fused-ring (bicyclic) bond motifs is 3. The molecule has 1 aliphatic rings. The van der Waals surface area contributed by atoms with Gasteiger partial charge < -0.3 is 10.8 Å². The van der Waals surface area contributed by atoms with Gasteiger partial charge in [-0.25, -0.2) is 9.50 Å². The first-order chi connectivity index (χ1) is 19.6. The molecule has 0 atom stereocenters. The maximum atomic E-state index is 9.38. The summed E-state index contributed by atoms with van der Waals surface area (Å²) < 4.78 is 3.91. The van der Waals surface area contributed by atoms with Crippen molar-refractivity contribution in [3.8, 4) is 11.1 Å². The van der Waals surface area contributed by atoms with Gasteiger partial charge in [-0.15, -0.1) is 0 Å². The van der Waals surface area contributed by atoms with Gasteiger partial charge in [-0.3, -0.25) is 9.58 Å². The van der Waals surface area contributed by atoms with Crippen molar-refractivity contribution in [2.24, 2.45) is 0 Å². The highest BCUT2D eigenvalue weighted by Crippen LogP contribution is 2.33. The summed E-state index contributed by atoms with van der Waals surface area (Å²) in [5, 5.41) is 19.9. The molecule has 6 aromatic rings. The lowest BCUT2D eigenvalue weighted by atomic mass is 9.95. The van der Waals surface area contributed by atoms with Crippen molar-refractivity contribution in [1.29, 1.82) is 0 Å². The number of hydrogen-bond acceptors (Lipinski definition) is 6. The molecule has 0 aliphatic carbocycles. The molecule has 3 aromatic carbocycles. The van der Waals surface area contributed by atoms with E-state index in [0.29, 0.717) is 12.4 Å². The van der Waals surface area contributed by atoms with E-state index in [4.69, 9.17) is 10.8 Å². The van der Waals surface area contributed by atoms with Gasteiger partial charge in [0.1, 0.15) is 11.8 Å². The Bertz CT molecular complexity index is 1820. The summed E-state index contributed by atoms with van der Waals surface area (Å²) in [6.45, 7) is 3.49. The van der Waals surface area contributed by atoms with Gasteiger partial charge in [0.2, 0.25) is 0 Å². The Hall–Kier alpha value is -4.53. The maximum absolute atomic E-state index is 9.38. The van der Waals surface area contributed by atoms with Crippen LogP contribution in [0.15, 0.2) is 85.3 Å². The molecule has 8 nitrogen and oxygen atoms in total. The van der Waals surface area contributed by atoms with Gasteiger partial charge in [0.15, 0.2) is 5.82 Å². The molecular formula is C32H31N7O. The van der Waals surface area contributed by atoms with E-state index in [1.807, 2.05) is 15.3 Å². The zero-order chi connectivity index (χ0) is 27.1. The molecule has 0 spiro atoms. The van der Waals surface area contributed by atoms with Gasteiger partial charge in [-0.2, -0.15) is 10.2 Å². The number of rotatable bonds is 7. The molecule has 3 aromatic heterocycles. The lowest BCUT2D eigenvalue weighted by molar-refractivity contribution is 0.184. The Morgan fingerprint density at radius 1 is 0.925 bits per heavy atom. The second-order valence-corrected chi connectivity index (χ2v) is 10.6. The number of aliphatic hydroxyl groups excluding tert-OH is 1. The lowest BCUT2D eigenvalue weighted by Crippen LogP contribution is -2.32. The molecule has 0 saturated heterocycles. The topological polar surface area (TPSA) is 97.5 Å². The monoisotopic (exact) mass is 529 g/mol. The van der Waals surface area contributed by atoms with E-state index in [1.165, 1.54) is 28.6 Å². The van der Waals surface area contributed by atoms with Crippen LogP contribution in [-0.4, -0.2) is 54.1 Å². The number of nitrogen functional groups attached to an aromatic ring is 1. The number of aromatic nitrogens is 5. The first kappa shape index (κ1) is 24.5. The van der Waals surface area contributed by atoms with Crippen molar-refractivity contribution in [2.75, 3.05) is 25.4 Å². The van der Waals surface area contributed by atoms with E-state index in [0.717, 1.165) is 65.7 Å². The summed E-state index contributed by atoms with van der Waals surface area (Å²) in [4.78, 5) is 6.62. The zero-order valence-electron chi connectivity index (χ0n) is 22.2. The average Bonchev–Trinajstić information content (AvgIpc) is 3.54. The normalized spacial score (nSPS) is 13.7. The summed E-state index contributed by atoms with van der Waals surface area (Å²) >= 11 is 0. The number of nitrogens with two attached hydrogens (primary N) is 1. The van der Waals surface area contributed by atoms with E-state index >= 15 is 0 Å². The van der Waals surface area contributed by atoms with Crippen LogP contribution in [0.1, 0.15) is 27.9 Å². The fraction of sp³-hybridized carbons (Fsp3) is 0.219. The van der Waals surface area contributed by atoms with Gasteiger partial charge in [-0.05, 0) is 46.4 Å². The number of nitrogens with zero attached hydrogens (tertiary/aromatic N) is 6. The highest BCUT2D eigenvalue weighted by Gasteiger charge is 2.19. The quantitative estimate of drug-likeness (QED) is 0.320. The molecule has 1 aliphatic heterocycles. The van der Waals surface area contributed by atoms with Crippen LogP contribution >= 0.6 is 0 Å². The molecule has 0 fully saturated rings. The standard InChI is InChI=1S/C32H31N7O/c33-32-31-29(25-8-9-26-20-38(36-30(26)16-25)18-22-4-2-1-3-5-22)17-28(39(31)35-21-34-32)15-23-6-7-24-10-11-37(12-13-40)19-27(24)14-23/h1-9,14,16-17,20-21,40H,10-13,15,18-19H2,(H2,33,34,35). The van der Waals surface area contributed by atoms with Crippen LogP contribution in [0.2, 0.25) is 0 Å². The predicted octanol–water partition coefficient (Wildman–Crippen LogP) is 4.32. The van der Waals surface area contributed by atoms with E-state index in [9.17, 15) is 5.11 Å². The first-order valence-electron chi connectivity index (χ1n) is 13.7. The smallest absolute Gasteiger partial charge is 0.151 e. The number of aliphatic hydroxyl groups is 1.